The molecule has 0 saturated carbocycles. The molecule has 0 radical (unpaired) electrons. The minimum absolute atomic E-state index is 0.00721. The molecule has 0 aliphatic rings. The highest BCUT2D eigenvalue weighted by atomic mass is 35.5. The topological polar surface area (TPSA) is 28.0 Å². The van der Waals surface area contributed by atoms with E-state index in [1.807, 2.05) is 27.7 Å². The van der Waals surface area contributed by atoms with Gasteiger partial charge in [-0.1, -0.05) is 16.8 Å². The van der Waals surface area contributed by atoms with Crippen LogP contribution in [0.5, 0.6) is 0 Å². The van der Waals surface area contributed by atoms with Crippen LogP contribution in [-0.4, -0.2) is 17.1 Å². The normalized spacial score (nSPS) is 12.7. The van der Waals surface area contributed by atoms with Gasteiger partial charge in [-0.2, -0.15) is 13.2 Å². The molecule has 7 heteroatoms. The Kier molecular flexibility index (Phi) is 5.39. The first-order valence-corrected chi connectivity index (χ1v) is 6.57. The van der Waals surface area contributed by atoms with Gasteiger partial charge < -0.3 is 0 Å². The maximum Gasteiger partial charge on any atom is 0.416 e. The van der Waals surface area contributed by atoms with Crippen LogP contribution in [0, 0.1) is 0 Å². The van der Waals surface area contributed by atoms with Crippen LogP contribution in [-0.2, 0) is 6.18 Å². The lowest BCUT2D eigenvalue weighted by Crippen LogP contribution is -2.31. The Labute approximate surface area is 121 Å². The van der Waals surface area contributed by atoms with Crippen molar-refractivity contribution in [2.45, 2.75) is 46.0 Å². The number of nitrogens with zero attached hydrogens (tertiary/aromatic N) is 3. The van der Waals surface area contributed by atoms with Crippen LogP contribution in [0.25, 0.3) is 0 Å². The second kappa shape index (κ2) is 6.43. The van der Waals surface area contributed by atoms with Gasteiger partial charge >= 0.3 is 6.18 Å². The lowest BCUT2D eigenvalue weighted by molar-refractivity contribution is -0.137. The molecule has 0 spiro atoms. The van der Waals surface area contributed by atoms with Crippen molar-refractivity contribution >= 4 is 17.3 Å². The van der Waals surface area contributed by atoms with Gasteiger partial charge in [0.05, 0.1) is 10.6 Å². The van der Waals surface area contributed by atoms with Crippen molar-refractivity contribution in [2.24, 2.45) is 10.3 Å². The van der Waals surface area contributed by atoms with Gasteiger partial charge in [0, 0.05) is 12.1 Å². The largest absolute Gasteiger partial charge is 0.416 e. The molecule has 0 amide bonds. The van der Waals surface area contributed by atoms with Gasteiger partial charge in [-0.15, -0.1) is 5.11 Å². The Morgan fingerprint density at radius 3 is 2.10 bits per heavy atom. The summed E-state index contributed by atoms with van der Waals surface area (Å²) in [6.07, 6.45) is -4.43. The molecule has 112 valence electrons. The molecule has 0 atom stereocenters. The molecular weight excluding hydrogens is 291 g/mol. The minimum atomic E-state index is -4.43. The van der Waals surface area contributed by atoms with E-state index in [2.05, 4.69) is 10.3 Å². The van der Waals surface area contributed by atoms with E-state index in [4.69, 9.17) is 11.6 Å². The molecule has 0 saturated heterocycles. The number of benzene rings is 1. The summed E-state index contributed by atoms with van der Waals surface area (Å²) in [6, 6.07) is 3.16. The molecule has 0 unspecified atom stereocenters. The summed E-state index contributed by atoms with van der Waals surface area (Å²) in [4.78, 5) is 0. The van der Waals surface area contributed by atoms with E-state index in [1.165, 1.54) is 6.07 Å². The second-order valence-electron chi connectivity index (χ2n) is 4.92. The highest BCUT2D eigenvalue weighted by Crippen LogP contribution is 2.35. The standard InChI is InChI=1S/C13H17ClF3N3/c1-8(2)20(9(3)4)19-18-12-7-10(13(15,16)17)5-6-11(12)14/h5-9H,1-4H3. The molecule has 20 heavy (non-hydrogen) atoms. The van der Waals surface area contributed by atoms with Crippen molar-refractivity contribution in [3.63, 3.8) is 0 Å². The van der Waals surface area contributed by atoms with Crippen molar-refractivity contribution in [1.29, 1.82) is 0 Å². The zero-order chi connectivity index (χ0) is 15.5. The summed E-state index contributed by atoms with van der Waals surface area (Å²) in [5.74, 6) is 0. The third-order valence-corrected chi connectivity index (χ3v) is 2.91. The third-order valence-electron chi connectivity index (χ3n) is 2.59. The molecule has 0 aliphatic heterocycles. The van der Waals surface area contributed by atoms with Crippen molar-refractivity contribution < 1.29 is 13.2 Å². The fourth-order valence-electron chi connectivity index (χ4n) is 1.67. The average molecular weight is 308 g/mol. The van der Waals surface area contributed by atoms with Crippen molar-refractivity contribution in [3.8, 4) is 0 Å². The summed E-state index contributed by atoms with van der Waals surface area (Å²) < 4.78 is 37.9. The summed E-state index contributed by atoms with van der Waals surface area (Å²) in [5, 5.41) is 9.65. The van der Waals surface area contributed by atoms with Crippen LogP contribution in [0.3, 0.4) is 0 Å². The number of rotatable bonds is 4. The maximum atomic E-state index is 12.6. The highest BCUT2D eigenvalue weighted by Gasteiger charge is 2.31. The number of halogens is 4. The molecule has 0 bridgehead atoms. The molecular formula is C13H17ClF3N3. The first-order chi connectivity index (χ1) is 9.12. The van der Waals surface area contributed by atoms with Gasteiger partial charge in [0.1, 0.15) is 5.69 Å². The first-order valence-electron chi connectivity index (χ1n) is 6.19. The van der Waals surface area contributed by atoms with E-state index in [9.17, 15) is 13.2 Å². The van der Waals surface area contributed by atoms with Gasteiger partial charge in [-0.05, 0) is 45.9 Å². The Hall–Kier alpha value is -1.30. The average Bonchev–Trinajstić information content (AvgIpc) is 2.29. The van der Waals surface area contributed by atoms with E-state index in [0.29, 0.717) is 0 Å². The van der Waals surface area contributed by atoms with E-state index in [0.717, 1.165) is 12.1 Å². The quantitative estimate of drug-likeness (QED) is 0.535. The van der Waals surface area contributed by atoms with Crippen LogP contribution in [0.4, 0.5) is 18.9 Å². The maximum absolute atomic E-state index is 12.6. The molecule has 0 fully saturated rings. The van der Waals surface area contributed by atoms with Crippen LogP contribution in [0.1, 0.15) is 33.3 Å². The van der Waals surface area contributed by atoms with Gasteiger partial charge in [-0.25, -0.2) is 0 Å². The highest BCUT2D eigenvalue weighted by molar-refractivity contribution is 6.32. The molecule has 0 N–H and O–H groups in total. The SMILES string of the molecule is CC(C)N(N=Nc1cc(C(F)(F)F)ccc1Cl)C(C)C. The lowest BCUT2D eigenvalue weighted by Gasteiger charge is -2.25. The number of hydrogen-bond acceptors (Lipinski definition) is 2. The molecule has 0 heterocycles. The molecule has 0 aromatic heterocycles. The van der Waals surface area contributed by atoms with Crippen LogP contribution in [0.2, 0.25) is 5.02 Å². The van der Waals surface area contributed by atoms with E-state index >= 15 is 0 Å². The Morgan fingerprint density at radius 2 is 1.65 bits per heavy atom. The Bertz CT molecular complexity index is 476. The molecule has 0 aliphatic carbocycles. The van der Waals surface area contributed by atoms with Gasteiger partial charge in [0.25, 0.3) is 0 Å². The van der Waals surface area contributed by atoms with Crippen LogP contribution >= 0.6 is 11.6 Å². The summed E-state index contributed by atoms with van der Waals surface area (Å²) in [7, 11) is 0. The van der Waals surface area contributed by atoms with E-state index in [-0.39, 0.29) is 22.8 Å². The van der Waals surface area contributed by atoms with Crippen LogP contribution < -0.4 is 0 Å². The zero-order valence-corrected chi connectivity index (χ0v) is 12.5. The zero-order valence-electron chi connectivity index (χ0n) is 11.7. The van der Waals surface area contributed by atoms with E-state index < -0.39 is 11.7 Å². The summed E-state index contributed by atoms with van der Waals surface area (Å²) >= 11 is 5.85. The summed E-state index contributed by atoms with van der Waals surface area (Å²) in [5.41, 5.74) is -0.788. The van der Waals surface area contributed by atoms with Crippen molar-refractivity contribution in [2.75, 3.05) is 0 Å². The fraction of sp³-hybridized carbons (Fsp3) is 0.538. The van der Waals surface area contributed by atoms with Gasteiger partial charge in [0.15, 0.2) is 0 Å². The van der Waals surface area contributed by atoms with Gasteiger partial charge in [0.2, 0.25) is 0 Å². The Morgan fingerprint density at radius 1 is 1.10 bits per heavy atom. The predicted molar refractivity (Wildman–Crippen MR) is 73.1 cm³/mol. The Balaban J connectivity index is 3.08. The first kappa shape index (κ1) is 16.8. The predicted octanol–water partition coefficient (Wildman–Crippen LogP) is 5.48. The lowest BCUT2D eigenvalue weighted by atomic mass is 10.2. The molecule has 1 rings (SSSR count). The monoisotopic (exact) mass is 307 g/mol. The van der Waals surface area contributed by atoms with Crippen molar-refractivity contribution in [3.05, 3.63) is 28.8 Å². The fourth-order valence-corrected chi connectivity index (χ4v) is 1.82. The third kappa shape index (κ3) is 4.37. The number of alkyl halides is 3. The van der Waals surface area contributed by atoms with E-state index in [1.54, 1.807) is 5.01 Å². The smallest absolute Gasteiger partial charge is 0.273 e. The second-order valence-corrected chi connectivity index (χ2v) is 5.33. The molecule has 1 aromatic carbocycles. The molecule has 3 nitrogen and oxygen atoms in total. The van der Waals surface area contributed by atoms with Crippen molar-refractivity contribution in [1.82, 2.24) is 5.01 Å². The number of hydrogen-bond donors (Lipinski definition) is 0. The minimum Gasteiger partial charge on any atom is -0.273 e. The van der Waals surface area contributed by atoms with Crippen LogP contribution in [0.15, 0.2) is 28.5 Å². The van der Waals surface area contributed by atoms with Gasteiger partial charge in [-0.3, -0.25) is 5.01 Å². The summed E-state index contributed by atoms with van der Waals surface area (Å²) in [6.45, 7) is 7.69. The molecule has 1 aromatic rings.